The van der Waals surface area contributed by atoms with Gasteiger partial charge in [-0.1, -0.05) is 17.7 Å². The summed E-state index contributed by atoms with van der Waals surface area (Å²) in [5.41, 5.74) is 4.53. The zero-order valence-corrected chi connectivity index (χ0v) is 14.8. The SMILES string of the molecule is CCN(CC)c1ccc2cc(C=O)c(=Nc3ccc(C)cc3)oc2c1. The van der Waals surface area contributed by atoms with Gasteiger partial charge in [-0.3, -0.25) is 4.79 Å². The van der Waals surface area contributed by atoms with Crippen LogP contribution in [-0.2, 0) is 0 Å². The van der Waals surface area contributed by atoms with E-state index >= 15 is 0 Å². The number of fused-ring (bicyclic) bond motifs is 1. The van der Waals surface area contributed by atoms with Crippen molar-refractivity contribution in [3.05, 3.63) is 65.2 Å². The van der Waals surface area contributed by atoms with Crippen molar-refractivity contribution in [3.8, 4) is 0 Å². The highest BCUT2D eigenvalue weighted by molar-refractivity contribution is 5.86. The Morgan fingerprint density at radius 2 is 1.76 bits per heavy atom. The number of aryl methyl sites for hydroxylation is 1. The summed E-state index contributed by atoms with van der Waals surface area (Å²) in [6.07, 6.45) is 0.786. The van der Waals surface area contributed by atoms with Crippen LogP contribution in [0.3, 0.4) is 0 Å². The molecular formula is C21H22N2O2. The minimum atomic E-state index is 0.336. The van der Waals surface area contributed by atoms with E-state index in [0.29, 0.717) is 11.1 Å². The van der Waals surface area contributed by atoms with Crippen LogP contribution in [0.5, 0.6) is 0 Å². The van der Waals surface area contributed by atoms with E-state index in [9.17, 15) is 4.79 Å². The molecule has 1 aromatic heterocycles. The third-order valence-electron chi connectivity index (χ3n) is 4.28. The maximum Gasteiger partial charge on any atom is 0.230 e. The fourth-order valence-corrected chi connectivity index (χ4v) is 2.82. The summed E-state index contributed by atoms with van der Waals surface area (Å²) >= 11 is 0. The molecular weight excluding hydrogens is 312 g/mol. The lowest BCUT2D eigenvalue weighted by molar-refractivity contribution is 0.112. The Hall–Kier alpha value is -2.88. The smallest absolute Gasteiger partial charge is 0.230 e. The van der Waals surface area contributed by atoms with Crippen LogP contribution in [0.15, 0.2) is 57.9 Å². The molecule has 0 aliphatic carbocycles. The van der Waals surface area contributed by atoms with Gasteiger partial charge in [-0.2, -0.15) is 0 Å². The van der Waals surface area contributed by atoms with Crippen LogP contribution < -0.4 is 10.5 Å². The van der Waals surface area contributed by atoms with Gasteiger partial charge in [0.2, 0.25) is 5.55 Å². The van der Waals surface area contributed by atoms with Gasteiger partial charge in [0.1, 0.15) is 5.58 Å². The molecule has 0 radical (unpaired) electrons. The molecule has 0 unspecified atom stereocenters. The molecule has 1 heterocycles. The summed E-state index contributed by atoms with van der Waals surface area (Å²) in [7, 11) is 0. The maximum absolute atomic E-state index is 11.5. The van der Waals surface area contributed by atoms with Crippen molar-refractivity contribution in [2.24, 2.45) is 4.99 Å². The molecule has 0 saturated heterocycles. The minimum absolute atomic E-state index is 0.336. The standard InChI is InChI=1S/C21H22N2O2/c1-4-23(5-2)19-11-8-16-12-17(14-24)21(25-20(16)13-19)22-18-9-6-15(3)7-10-18/h6-14H,4-5H2,1-3H3. The lowest BCUT2D eigenvalue weighted by Crippen LogP contribution is -2.21. The molecule has 0 bridgehead atoms. The second-order valence-corrected chi connectivity index (χ2v) is 5.97. The predicted molar refractivity (Wildman–Crippen MR) is 102 cm³/mol. The van der Waals surface area contributed by atoms with Crippen LogP contribution >= 0.6 is 0 Å². The number of nitrogens with zero attached hydrogens (tertiary/aromatic N) is 2. The molecule has 0 spiro atoms. The number of carbonyl (C=O) groups is 1. The number of rotatable bonds is 5. The van der Waals surface area contributed by atoms with E-state index in [1.54, 1.807) is 0 Å². The normalized spacial score (nSPS) is 11.7. The summed E-state index contributed by atoms with van der Waals surface area (Å²) in [6.45, 7) is 8.12. The molecule has 0 saturated carbocycles. The summed E-state index contributed by atoms with van der Waals surface area (Å²) in [4.78, 5) is 18.2. The molecule has 0 aliphatic heterocycles. The topological polar surface area (TPSA) is 45.8 Å². The van der Waals surface area contributed by atoms with Crippen molar-refractivity contribution < 1.29 is 9.21 Å². The van der Waals surface area contributed by atoms with Gasteiger partial charge in [-0.05, 0) is 51.1 Å². The van der Waals surface area contributed by atoms with Crippen molar-refractivity contribution in [3.63, 3.8) is 0 Å². The molecule has 0 fully saturated rings. The van der Waals surface area contributed by atoms with Crippen molar-refractivity contribution in [2.45, 2.75) is 20.8 Å². The molecule has 4 nitrogen and oxygen atoms in total. The third-order valence-corrected chi connectivity index (χ3v) is 4.28. The van der Waals surface area contributed by atoms with Gasteiger partial charge < -0.3 is 9.32 Å². The van der Waals surface area contributed by atoms with Crippen molar-refractivity contribution in [2.75, 3.05) is 18.0 Å². The van der Waals surface area contributed by atoms with E-state index in [-0.39, 0.29) is 0 Å². The zero-order chi connectivity index (χ0) is 17.8. The lowest BCUT2D eigenvalue weighted by atomic mass is 10.1. The fraction of sp³-hybridized carbons (Fsp3) is 0.238. The fourth-order valence-electron chi connectivity index (χ4n) is 2.82. The van der Waals surface area contributed by atoms with E-state index in [2.05, 4.69) is 29.8 Å². The third kappa shape index (κ3) is 3.63. The zero-order valence-electron chi connectivity index (χ0n) is 14.8. The minimum Gasteiger partial charge on any atom is -0.438 e. The Morgan fingerprint density at radius 1 is 1.04 bits per heavy atom. The van der Waals surface area contributed by atoms with E-state index in [0.717, 1.165) is 47.3 Å². The predicted octanol–water partition coefficient (Wildman–Crippen LogP) is 4.63. The first-order chi connectivity index (χ1) is 12.1. The molecule has 128 valence electrons. The van der Waals surface area contributed by atoms with Crippen LogP contribution in [0.1, 0.15) is 29.8 Å². The van der Waals surface area contributed by atoms with Crippen molar-refractivity contribution in [1.29, 1.82) is 0 Å². The second kappa shape index (κ2) is 7.34. The van der Waals surface area contributed by atoms with Gasteiger partial charge in [0.25, 0.3) is 0 Å². The number of anilines is 1. The van der Waals surface area contributed by atoms with Gasteiger partial charge in [-0.15, -0.1) is 0 Å². The van der Waals surface area contributed by atoms with Gasteiger partial charge in [0.15, 0.2) is 6.29 Å². The molecule has 2 aromatic carbocycles. The first-order valence-electron chi connectivity index (χ1n) is 8.54. The van der Waals surface area contributed by atoms with E-state index in [4.69, 9.17) is 4.42 Å². The van der Waals surface area contributed by atoms with Gasteiger partial charge in [-0.25, -0.2) is 4.99 Å². The van der Waals surface area contributed by atoms with Crippen LogP contribution in [-0.4, -0.2) is 19.4 Å². The number of hydrogen-bond acceptors (Lipinski definition) is 4. The van der Waals surface area contributed by atoms with Crippen LogP contribution in [0.2, 0.25) is 0 Å². The van der Waals surface area contributed by atoms with Crippen LogP contribution in [0.4, 0.5) is 11.4 Å². The monoisotopic (exact) mass is 334 g/mol. The quantitative estimate of drug-likeness (QED) is 0.639. The maximum atomic E-state index is 11.5. The molecule has 0 aliphatic rings. The van der Waals surface area contributed by atoms with E-state index in [1.807, 2.05) is 49.4 Å². The van der Waals surface area contributed by atoms with E-state index < -0.39 is 0 Å². The van der Waals surface area contributed by atoms with Gasteiger partial charge in [0, 0.05) is 30.2 Å². The molecule has 25 heavy (non-hydrogen) atoms. The molecule has 4 heteroatoms. The van der Waals surface area contributed by atoms with Crippen molar-refractivity contribution >= 4 is 28.6 Å². The highest BCUT2D eigenvalue weighted by atomic mass is 16.3. The number of aldehydes is 1. The molecule has 3 aromatic rings. The Labute approximate surface area is 147 Å². The van der Waals surface area contributed by atoms with Crippen LogP contribution in [0, 0.1) is 6.92 Å². The second-order valence-electron chi connectivity index (χ2n) is 5.97. The molecule has 0 amide bonds. The Morgan fingerprint density at radius 3 is 2.40 bits per heavy atom. The number of benzene rings is 2. The molecule has 0 atom stereocenters. The van der Waals surface area contributed by atoms with Crippen LogP contribution in [0.25, 0.3) is 11.0 Å². The van der Waals surface area contributed by atoms with Crippen molar-refractivity contribution in [1.82, 2.24) is 0 Å². The highest BCUT2D eigenvalue weighted by Crippen LogP contribution is 2.22. The van der Waals surface area contributed by atoms with E-state index in [1.165, 1.54) is 0 Å². The highest BCUT2D eigenvalue weighted by Gasteiger charge is 2.07. The van der Waals surface area contributed by atoms with Gasteiger partial charge >= 0.3 is 0 Å². The first kappa shape index (κ1) is 17.0. The number of carbonyl (C=O) groups excluding carboxylic acids is 1. The first-order valence-corrected chi connectivity index (χ1v) is 8.54. The largest absolute Gasteiger partial charge is 0.438 e. The summed E-state index contributed by atoms with van der Waals surface area (Å²) in [5.74, 6) is 0. The average Bonchev–Trinajstić information content (AvgIpc) is 2.64. The average molecular weight is 334 g/mol. The summed E-state index contributed by atoms with van der Waals surface area (Å²) < 4.78 is 5.97. The lowest BCUT2D eigenvalue weighted by Gasteiger charge is -2.21. The molecule has 3 rings (SSSR count). The Kier molecular flexibility index (Phi) is 4.98. The Bertz CT molecular complexity index is 952. The van der Waals surface area contributed by atoms with Gasteiger partial charge in [0.05, 0.1) is 11.3 Å². The number of hydrogen-bond donors (Lipinski definition) is 0. The summed E-state index contributed by atoms with van der Waals surface area (Å²) in [5, 5.41) is 0.890. The Balaban J connectivity index is 2.16. The summed E-state index contributed by atoms with van der Waals surface area (Å²) in [6, 6.07) is 15.7. The molecule has 0 N–H and O–H groups in total.